The second-order valence-electron chi connectivity index (χ2n) is 6.05. The first-order chi connectivity index (χ1) is 11.7. The molecule has 0 amide bonds. The van der Waals surface area contributed by atoms with Gasteiger partial charge in [0.1, 0.15) is 5.75 Å². The van der Waals surface area contributed by atoms with Crippen LogP contribution in [-0.4, -0.2) is 43.0 Å². The lowest BCUT2D eigenvalue weighted by Crippen LogP contribution is -2.46. The Kier molecular flexibility index (Phi) is 4.24. The van der Waals surface area contributed by atoms with Crippen LogP contribution in [0.15, 0.2) is 40.9 Å². The molecule has 2 aliphatic rings. The van der Waals surface area contributed by atoms with E-state index in [1.807, 2.05) is 24.3 Å². The summed E-state index contributed by atoms with van der Waals surface area (Å²) in [6.45, 7) is 4.88. The predicted molar refractivity (Wildman–Crippen MR) is 95.9 cm³/mol. The molecule has 2 aliphatic heterocycles. The molecular weight excluding hydrogens is 372 g/mol. The zero-order valence-corrected chi connectivity index (χ0v) is 14.8. The van der Waals surface area contributed by atoms with Crippen molar-refractivity contribution in [3.05, 3.63) is 46.4 Å². The van der Waals surface area contributed by atoms with E-state index >= 15 is 0 Å². The van der Waals surface area contributed by atoms with Crippen LogP contribution in [0.1, 0.15) is 5.56 Å². The molecule has 126 valence electrons. The van der Waals surface area contributed by atoms with Gasteiger partial charge in [-0.15, -0.1) is 0 Å². The number of hydrogen-bond donors (Lipinski definition) is 1. The second-order valence-corrected chi connectivity index (χ2v) is 6.90. The van der Waals surface area contributed by atoms with Crippen molar-refractivity contribution < 1.29 is 14.6 Å². The van der Waals surface area contributed by atoms with Crippen LogP contribution >= 0.6 is 15.9 Å². The first-order valence-corrected chi connectivity index (χ1v) is 8.83. The summed E-state index contributed by atoms with van der Waals surface area (Å²) in [6, 6.07) is 11.6. The van der Waals surface area contributed by atoms with E-state index in [-0.39, 0.29) is 0 Å². The number of phenols is 1. The monoisotopic (exact) mass is 390 g/mol. The molecule has 6 heteroatoms. The third kappa shape index (κ3) is 3.03. The van der Waals surface area contributed by atoms with E-state index in [1.54, 1.807) is 6.07 Å². The SMILES string of the molecule is Oc1ccccc1N1CCN(Cc2cc3c(cc2Br)OCO3)CC1. The Hall–Kier alpha value is -1.92. The van der Waals surface area contributed by atoms with Crippen LogP contribution in [0.2, 0.25) is 0 Å². The van der Waals surface area contributed by atoms with Crippen LogP contribution in [0.3, 0.4) is 0 Å². The Labute approximate surface area is 149 Å². The molecule has 1 saturated heterocycles. The number of hydrogen-bond acceptors (Lipinski definition) is 5. The molecule has 0 aliphatic carbocycles. The first-order valence-electron chi connectivity index (χ1n) is 8.04. The van der Waals surface area contributed by atoms with Crippen LogP contribution in [0.25, 0.3) is 0 Å². The highest BCUT2D eigenvalue weighted by molar-refractivity contribution is 9.10. The molecule has 1 fully saturated rings. The van der Waals surface area contributed by atoms with Crippen molar-refractivity contribution in [2.75, 3.05) is 37.9 Å². The number of nitrogens with zero attached hydrogens (tertiary/aromatic N) is 2. The summed E-state index contributed by atoms with van der Waals surface area (Å²) in [5.41, 5.74) is 2.12. The Balaban J connectivity index is 1.41. The maximum absolute atomic E-state index is 10.0. The van der Waals surface area contributed by atoms with Gasteiger partial charge in [0.25, 0.3) is 0 Å². The van der Waals surface area contributed by atoms with Crippen LogP contribution in [-0.2, 0) is 6.54 Å². The molecule has 5 nitrogen and oxygen atoms in total. The topological polar surface area (TPSA) is 45.2 Å². The van der Waals surface area contributed by atoms with Crippen molar-refractivity contribution >= 4 is 21.6 Å². The fraction of sp³-hybridized carbons (Fsp3) is 0.333. The largest absolute Gasteiger partial charge is 0.506 e. The van der Waals surface area contributed by atoms with Crippen molar-refractivity contribution in [2.24, 2.45) is 0 Å². The predicted octanol–water partition coefficient (Wildman–Crippen LogP) is 3.21. The van der Waals surface area contributed by atoms with Crippen LogP contribution in [0, 0.1) is 0 Å². The molecule has 0 unspecified atom stereocenters. The summed E-state index contributed by atoms with van der Waals surface area (Å²) < 4.78 is 11.9. The summed E-state index contributed by atoms with van der Waals surface area (Å²) >= 11 is 3.63. The lowest BCUT2D eigenvalue weighted by Gasteiger charge is -2.36. The molecule has 1 N–H and O–H groups in total. The van der Waals surface area contributed by atoms with E-state index < -0.39 is 0 Å². The van der Waals surface area contributed by atoms with Crippen LogP contribution in [0.4, 0.5) is 5.69 Å². The normalized spacial score (nSPS) is 17.3. The van der Waals surface area contributed by atoms with Crippen LogP contribution in [0.5, 0.6) is 17.2 Å². The molecule has 0 spiro atoms. The smallest absolute Gasteiger partial charge is 0.231 e. The van der Waals surface area contributed by atoms with Gasteiger partial charge in [0.05, 0.1) is 5.69 Å². The lowest BCUT2D eigenvalue weighted by atomic mass is 10.1. The average Bonchev–Trinajstić information content (AvgIpc) is 3.03. The number of para-hydroxylation sites is 2. The van der Waals surface area contributed by atoms with Crippen LogP contribution < -0.4 is 14.4 Å². The maximum Gasteiger partial charge on any atom is 0.231 e. The number of benzene rings is 2. The fourth-order valence-corrected chi connectivity index (χ4v) is 3.65. The van der Waals surface area contributed by atoms with E-state index in [4.69, 9.17) is 9.47 Å². The fourth-order valence-electron chi connectivity index (χ4n) is 3.20. The van der Waals surface area contributed by atoms with Gasteiger partial charge >= 0.3 is 0 Å². The number of aromatic hydroxyl groups is 1. The minimum Gasteiger partial charge on any atom is -0.506 e. The molecule has 0 bridgehead atoms. The zero-order chi connectivity index (χ0) is 16.5. The summed E-state index contributed by atoms with van der Waals surface area (Å²) in [5.74, 6) is 1.97. The molecule has 0 aromatic heterocycles. The van der Waals surface area contributed by atoms with Gasteiger partial charge in [-0.3, -0.25) is 4.90 Å². The first kappa shape index (κ1) is 15.6. The summed E-state index contributed by atoms with van der Waals surface area (Å²) in [4.78, 5) is 4.65. The Morgan fingerprint density at radius 3 is 2.46 bits per heavy atom. The third-order valence-electron chi connectivity index (χ3n) is 4.53. The number of ether oxygens (including phenoxy) is 2. The van der Waals surface area contributed by atoms with Gasteiger partial charge in [-0.05, 0) is 29.8 Å². The molecule has 2 aromatic carbocycles. The van der Waals surface area contributed by atoms with Gasteiger partial charge in [0.15, 0.2) is 11.5 Å². The Morgan fingerprint density at radius 1 is 1.00 bits per heavy atom. The number of fused-ring (bicyclic) bond motifs is 1. The average molecular weight is 391 g/mol. The number of rotatable bonds is 3. The van der Waals surface area contributed by atoms with E-state index in [0.717, 1.165) is 54.4 Å². The minimum atomic E-state index is 0.296. The molecule has 0 atom stereocenters. The maximum atomic E-state index is 10.0. The lowest BCUT2D eigenvalue weighted by molar-refractivity contribution is 0.174. The second kappa shape index (κ2) is 6.53. The van der Waals surface area contributed by atoms with Gasteiger partial charge in [0, 0.05) is 37.2 Å². The Morgan fingerprint density at radius 2 is 1.71 bits per heavy atom. The van der Waals surface area contributed by atoms with Gasteiger partial charge in [-0.1, -0.05) is 28.1 Å². The zero-order valence-electron chi connectivity index (χ0n) is 13.2. The van der Waals surface area contributed by atoms with E-state index in [1.165, 1.54) is 5.56 Å². The summed E-state index contributed by atoms with van der Waals surface area (Å²) in [6.07, 6.45) is 0. The summed E-state index contributed by atoms with van der Waals surface area (Å²) in [7, 11) is 0. The number of halogens is 1. The van der Waals surface area contributed by atoms with Crippen molar-refractivity contribution in [3.63, 3.8) is 0 Å². The highest BCUT2D eigenvalue weighted by Gasteiger charge is 2.21. The quantitative estimate of drug-likeness (QED) is 0.871. The molecule has 24 heavy (non-hydrogen) atoms. The van der Waals surface area contributed by atoms with Gasteiger partial charge in [-0.25, -0.2) is 0 Å². The van der Waals surface area contributed by atoms with Crippen molar-refractivity contribution in [1.82, 2.24) is 4.90 Å². The van der Waals surface area contributed by atoms with Crippen molar-refractivity contribution in [2.45, 2.75) is 6.54 Å². The van der Waals surface area contributed by atoms with Gasteiger partial charge in [-0.2, -0.15) is 0 Å². The van der Waals surface area contributed by atoms with Crippen molar-refractivity contribution in [3.8, 4) is 17.2 Å². The standard InChI is InChI=1S/C18H19BrN2O3/c19-14-10-18-17(23-12-24-18)9-13(14)11-20-5-7-21(8-6-20)15-3-1-2-4-16(15)22/h1-4,9-10,22H,5-8,11-12H2. The van der Waals surface area contributed by atoms with Gasteiger partial charge < -0.3 is 19.5 Å². The molecule has 0 saturated carbocycles. The van der Waals surface area contributed by atoms with Crippen molar-refractivity contribution in [1.29, 1.82) is 0 Å². The summed E-state index contributed by atoms with van der Waals surface area (Å²) in [5, 5.41) is 10.0. The highest BCUT2D eigenvalue weighted by atomic mass is 79.9. The molecule has 2 aromatic rings. The van der Waals surface area contributed by atoms with E-state index in [0.29, 0.717) is 12.5 Å². The highest BCUT2D eigenvalue weighted by Crippen LogP contribution is 2.37. The molecule has 2 heterocycles. The number of phenolic OH excluding ortho intramolecular Hbond substituents is 1. The number of piperazine rings is 1. The molecule has 0 radical (unpaired) electrons. The van der Waals surface area contributed by atoms with E-state index in [2.05, 4.69) is 31.8 Å². The van der Waals surface area contributed by atoms with E-state index in [9.17, 15) is 5.11 Å². The third-order valence-corrected chi connectivity index (χ3v) is 5.27. The molecular formula is C18H19BrN2O3. The molecule has 4 rings (SSSR count). The Bertz CT molecular complexity index is 745. The number of anilines is 1. The minimum absolute atomic E-state index is 0.296. The van der Waals surface area contributed by atoms with Gasteiger partial charge in [0.2, 0.25) is 6.79 Å².